The topological polar surface area (TPSA) is 30.5 Å². The molecule has 0 amide bonds. The Kier molecular flexibility index (Phi) is 5.65. The maximum atomic E-state index is 5.40. The molecule has 1 atom stereocenters. The second-order valence-electron chi connectivity index (χ2n) is 4.66. The van der Waals surface area contributed by atoms with E-state index in [1.807, 2.05) is 24.3 Å². The summed E-state index contributed by atoms with van der Waals surface area (Å²) < 4.78 is 11.8. The summed E-state index contributed by atoms with van der Waals surface area (Å²) in [7, 11) is 3.30. The summed E-state index contributed by atoms with van der Waals surface area (Å²) >= 11 is 3.53. The first-order chi connectivity index (χ1) is 10.2. The molecule has 21 heavy (non-hydrogen) atoms. The lowest BCUT2D eigenvalue weighted by Gasteiger charge is -2.20. The molecule has 0 radical (unpaired) electrons. The number of hydrogen-bond donors (Lipinski definition) is 1. The Balaban J connectivity index is 2.43. The van der Waals surface area contributed by atoms with Crippen molar-refractivity contribution in [2.75, 3.05) is 20.8 Å². The molecule has 0 aromatic heterocycles. The Morgan fingerprint density at radius 1 is 1.00 bits per heavy atom. The third-order valence-electron chi connectivity index (χ3n) is 3.33. The molecule has 0 saturated heterocycles. The summed E-state index contributed by atoms with van der Waals surface area (Å²) in [6.45, 7) is 2.98. The maximum Gasteiger partial charge on any atom is 0.161 e. The van der Waals surface area contributed by atoms with Gasteiger partial charge >= 0.3 is 0 Å². The van der Waals surface area contributed by atoms with Gasteiger partial charge in [0, 0.05) is 4.47 Å². The quantitative estimate of drug-likeness (QED) is 0.848. The van der Waals surface area contributed by atoms with Crippen LogP contribution in [-0.2, 0) is 0 Å². The normalized spacial score (nSPS) is 12.0. The number of nitrogens with one attached hydrogen (secondary N) is 1. The average molecular weight is 350 g/mol. The van der Waals surface area contributed by atoms with Gasteiger partial charge in [-0.2, -0.15) is 0 Å². The highest BCUT2D eigenvalue weighted by Gasteiger charge is 2.15. The van der Waals surface area contributed by atoms with Crippen molar-refractivity contribution >= 4 is 15.9 Å². The third-order valence-corrected chi connectivity index (χ3v) is 3.82. The SMILES string of the molecule is CCNC(c1cccc(Br)c1)c1ccc(OC)c(OC)c1. The minimum absolute atomic E-state index is 0.118. The minimum atomic E-state index is 0.118. The Hall–Kier alpha value is -1.52. The lowest BCUT2D eigenvalue weighted by Crippen LogP contribution is -2.22. The van der Waals surface area contributed by atoms with E-state index >= 15 is 0 Å². The van der Waals surface area contributed by atoms with Crippen molar-refractivity contribution in [1.82, 2.24) is 5.32 Å². The van der Waals surface area contributed by atoms with Crippen molar-refractivity contribution in [2.24, 2.45) is 0 Å². The van der Waals surface area contributed by atoms with E-state index in [2.05, 4.69) is 46.4 Å². The molecule has 1 N–H and O–H groups in total. The van der Waals surface area contributed by atoms with E-state index in [1.165, 1.54) is 5.56 Å². The van der Waals surface area contributed by atoms with Crippen LogP contribution < -0.4 is 14.8 Å². The molecule has 0 aliphatic rings. The van der Waals surface area contributed by atoms with E-state index in [-0.39, 0.29) is 6.04 Å². The van der Waals surface area contributed by atoms with Gasteiger partial charge in [0.25, 0.3) is 0 Å². The van der Waals surface area contributed by atoms with Gasteiger partial charge in [0.1, 0.15) is 0 Å². The van der Waals surface area contributed by atoms with Gasteiger partial charge in [-0.3, -0.25) is 0 Å². The molecule has 0 spiro atoms. The van der Waals surface area contributed by atoms with Crippen LogP contribution in [-0.4, -0.2) is 20.8 Å². The van der Waals surface area contributed by atoms with Crippen LogP contribution in [0.15, 0.2) is 46.9 Å². The van der Waals surface area contributed by atoms with Crippen LogP contribution >= 0.6 is 15.9 Å². The standard InChI is InChI=1S/C17H20BrNO2/c1-4-19-17(12-6-5-7-14(18)10-12)13-8-9-15(20-2)16(11-13)21-3/h5-11,17,19H,4H2,1-3H3. The highest BCUT2D eigenvalue weighted by atomic mass is 79.9. The minimum Gasteiger partial charge on any atom is -0.493 e. The van der Waals surface area contributed by atoms with Crippen molar-refractivity contribution in [3.05, 3.63) is 58.1 Å². The van der Waals surface area contributed by atoms with Gasteiger partial charge in [0.05, 0.1) is 20.3 Å². The van der Waals surface area contributed by atoms with Gasteiger partial charge in [-0.05, 0) is 41.9 Å². The van der Waals surface area contributed by atoms with Crippen LogP contribution in [0.3, 0.4) is 0 Å². The number of hydrogen-bond acceptors (Lipinski definition) is 3. The zero-order valence-electron chi connectivity index (χ0n) is 12.5. The molecule has 0 saturated carbocycles. The number of halogens is 1. The molecule has 3 nitrogen and oxygen atoms in total. The average Bonchev–Trinajstić information content (AvgIpc) is 2.52. The molecule has 0 bridgehead atoms. The van der Waals surface area contributed by atoms with Crippen LogP contribution in [0.2, 0.25) is 0 Å². The van der Waals surface area contributed by atoms with Gasteiger partial charge in [-0.15, -0.1) is 0 Å². The molecular weight excluding hydrogens is 330 g/mol. The molecule has 2 aromatic rings. The molecule has 0 aliphatic heterocycles. The predicted molar refractivity (Wildman–Crippen MR) is 89.2 cm³/mol. The summed E-state index contributed by atoms with van der Waals surface area (Å²) in [5.41, 5.74) is 2.35. The van der Waals surface area contributed by atoms with E-state index < -0.39 is 0 Å². The van der Waals surface area contributed by atoms with Crippen molar-refractivity contribution in [3.8, 4) is 11.5 Å². The maximum absolute atomic E-state index is 5.40. The summed E-state index contributed by atoms with van der Waals surface area (Å²) in [6.07, 6.45) is 0. The predicted octanol–water partition coefficient (Wildman–Crippen LogP) is 4.17. The zero-order chi connectivity index (χ0) is 15.2. The lowest BCUT2D eigenvalue weighted by atomic mass is 9.98. The first-order valence-electron chi connectivity index (χ1n) is 6.90. The second-order valence-corrected chi connectivity index (χ2v) is 5.58. The van der Waals surface area contributed by atoms with E-state index in [0.717, 1.165) is 28.1 Å². The lowest BCUT2D eigenvalue weighted by molar-refractivity contribution is 0.354. The highest BCUT2D eigenvalue weighted by Crippen LogP contribution is 2.32. The van der Waals surface area contributed by atoms with Crippen LogP contribution in [0.25, 0.3) is 0 Å². The molecule has 2 rings (SSSR count). The molecular formula is C17H20BrNO2. The highest BCUT2D eigenvalue weighted by molar-refractivity contribution is 9.10. The Morgan fingerprint density at radius 2 is 1.71 bits per heavy atom. The second kappa shape index (κ2) is 7.48. The number of rotatable bonds is 6. The molecule has 0 fully saturated rings. The number of methoxy groups -OCH3 is 2. The monoisotopic (exact) mass is 349 g/mol. The molecule has 1 unspecified atom stereocenters. The Morgan fingerprint density at radius 3 is 2.33 bits per heavy atom. The van der Waals surface area contributed by atoms with Crippen LogP contribution in [0.5, 0.6) is 11.5 Å². The van der Waals surface area contributed by atoms with Crippen LogP contribution in [0, 0.1) is 0 Å². The van der Waals surface area contributed by atoms with Crippen molar-refractivity contribution in [3.63, 3.8) is 0 Å². The fourth-order valence-electron chi connectivity index (χ4n) is 2.35. The fourth-order valence-corrected chi connectivity index (χ4v) is 2.77. The molecule has 2 aromatic carbocycles. The van der Waals surface area contributed by atoms with Crippen molar-refractivity contribution < 1.29 is 9.47 Å². The largest absolute Gasteiger partial charge is 0.493 e. The van der Waals surface area contributed by atoms with E-state index in [0.29, 0.717) is 0 Å². The van der Waals surface area contributed by atoms with Crippen molar-refractivity contribution in [1.29, 1.82) is 0 Å². The first-order valence-corrected chi connectivity index (χ1v) is 7.69. The molecule has 4 heteroatoms. The summed E-state index contributed by atoms with van der Waals surface area (Å²) in [5.74, 6) is 1.48. The Bertz CT molecular complexity index is 601. The van der Waals surface area contributed by atoms with E-state index in [4.69, 9.17) is 9.47 Å². The van der Waals surface area contributed by atoms with Gasteiger partial charge in [-0.25, -0.2) is 0 Å². The zero-order valence-corrected chi connectivity index (χ0v) is 14.1. The smallest absolute Gasteiger partial charge is 0.161 e. The van der Waals surface area contributed by atoms with E-state index in [1.54, 1.807) is 14.2 Å². The van der Waals surface area contributed by atoms with Gasteiger partial charge < -0.3 is 14.8 Å². The molecule has 112 valence electrons. The van der Waals surface area contributed by atoms with E-state index in [9.17, 15) is 0 Å². The summed E-state index contributed by atoms with van der Waals surface area (Å²) in [4.78, 5) is 0. The van der Waals surface area contributed by atoms with Gasteiger partial charge in [-0.1, -0.05) is 41.1 Å². The number of ether oxygens (including phenoxy) is 2. The molecule has 0 heterocycles. The first kappa shape index (κ1) is 15.9. The van der Waals surface area contributed by atoms with Gasteiger partial charge in [0.15, 0.2) is 11.5 Å². The third kappa shape index (κ3) is 3.77. The van der Waals surface area contributed by atoms with Crippen molar-refractivity contribution in [2.45, 2.75) is 13.0 Å². The Labute approximate surface area is 134 Å². The summed E-state index contributed by atoms with van der Waals surface area (Å²) in [6, 6.07) is 14.5. The van der Waals surface area contributed by atoms with Crippen LogP contribution in [0.1, 0.15) is 24.1 Å². The number of benzene rings is 2. The van der Waals surface area contributed by atoms with Crippen LogP contribution in [0.4, 0.5) is 0 Å². The summed E-state index contributed by atoms with van der Waals surface area (Å²) in [5, 5.41) is 3.51. The molecule has 0 aliphatic carbocycles. The fraction of sp³-hybridized carbons (Fsp3) is 0.294. The van der Waals surface area contributed by atoms with Gasteiger partial charge in [0.2, 0.25) is 0 Å².